The van der Waals surface area contributed by atoms with E-state index in [0.29, 0.717) is 47.4 Å². The number of anilines is 2. The highest BCUT2D eigenvalue weighted by Crippen LogP contribution is 2.42. The van der Waals surface area contributed by atoms with Crippen molar-refractivity contribution in [3.8, 4) is 11.3 Å². The van der Waals surface area contributed by atoms with E-state index in [9.17, 15) is 14.3 Å². The van der Waals surface area contributed by atoms with Crippen molar-refractivity contribution in [3.63, 3.8) is 0 Å². The zero-order chi connectivity index (χ0) is 28.7. The number of β-amino-alcohol motifs (C(OH)–C–C–N with tert-alkyl or cyclic N) is 1. The fourth-order valence-electron chi connectivity index (χ4n) is 5.52. The molecule has 0 radical (unpaired) electrons. The lowest BCUT2D eigenvalue weighted by atomic mass is 9.93. The minimum atomic E-state index is -0.381. The number of nitrogens with zero attached hydrogens (tertiary/aromatic N) is 8. The summed E-state index contributed by atoms with van der Waals surface area (Å²) in [7, 11) is 1.91. The molecule has 2 saturated heterocycles. The molecule has 4 aromatic rings. The van der Waals surface area contributed by atoms with Crippen LogP contribution in [-0.4, -0.2) is 86.3 Å². The lowest BCUT2D eigenvalue weighted by Crippen LogP contribution is -2.56. The van der Waals surface area contributed by atoms with Crippen LogP contribution in [0.3, 0.4) is 0 Å². The van der Waals surface area contributed by atoms with E-state index in [2.05, 4.69) is 9.74 Å². The molecular formula is C29H31FN8O2S. The van der Waals surface area contributed by atoms with Gasteiger partial charge in [0.25, 0.3) is 5.00 Å². The molecule has 212 valence electrons. The van der Waals surface area contributed by atoms with E-state index in [1.54, 1.807) is 17.0 Å². The molecule has 0 atom stereocenters. The van der Waals surface area contributed by atoms with Crippen LogP contribution >= 0.6 is 11.3 Å². The number of rotatable bonds is 7. The largest absolute Gasteiger partial charge is 0.389 e. The number of thiazole rings is 1. The van der Waals surface area contributed by atoms with Crippen molar-refractivity contribution in [2.24, 2.45) is 0 Å². The molecule has 2 aliphatic rings. The minimum absolute atomic E-state index is 0.0811. The summed E-state index contributed by atoms with van der Waals surface area (Å²) in [6.07, 6.45) is 2.12. The molecule has 1 N–H and O–H groups in total. The number of aryl methyl sites for hydroxylation is 1. The number of aliphatic hydroxyl groups excluding tert-OH is 1. The fourth-order valence-corrected chi connectivity index (χ4v) is 6.36. The second-order valence-electron chi connectivity index (χ2n) is 10.6. The summed E-state index contributed by atoms with van der Waals surface area (Å²) in [5, 5.41) is 15.6. The summed E-state index contributed by atoms with van der Waals surface area (Å²) >= 11 is 1.29. The van der Waals surface area contributed by atoms with Crippen molar-refractivity contribution in [2.75, 3.05) is 44.7 Å². The molecule has 3 aromatic heterocycles. The van der Waals surface area contributed by atoms with Crippen LogP contribution in [-0.2, 0) is 11.2 Å². The van der Waals surface area contributed by atoms with Crippen molar-refractivity contribution in [1.29, 1.82) is 0 Å². The summed E-state index contributed by atoms with van der Waals surface area (Å²) < 4.78 is 15.4. The van der Waals surface area contributed by atoms with Crippen LogP contribution in [0, 0.1) is 12.4 Å². The van der Waals surface area contributed by atoms with Crippen molar-refractivity contribution in [1.82, 2.24) is 29.4 Å². The van der Waals surface area contributed by atoms with E-state index in [0.717, 1.165) is 48.8 Å². The number of likely N-dealkylation sites (tertiary alicyclic amines) is 2. The second-order valence-corrected chi connectivity index (χ2v) is 11.6. The summed E-state index contributed by atoms with van der Waals surface area (Å²) in [6, 6.07) is 10.1. The van der Waals surface area contributed by atoms with Crippen molar-refractivity contribution < 1.29 is 14.3 Å². The molecular weight excluding hydrogens is 543 g/mol. The van der Waals surface area contributed by atoms with E-state index in [1.807, 2.05) is 35.5 Å². The van der Waals surface area contributed by atoms with Crippen LogP contribution in [0.1, 0.15) is 37.1 Å². The molecule has 0 unspecified atom stereocenters. The zero-order valence-corrected chi connectivity index (χ0v) is 23.8. The SMILES string of the molecule is [C-]#[N+]c1sc(N(C)c2c(CC)nc3ccc(C4CCN(CC(=O)N5CC(O)C5)CC4)nn23)nc1-c1ccc(F)cc1. The second kappa shape index (κ2) is 11.2. The van der Waals surface area contributed by atoms with Crippen LogP contribution in [0.15, 0.2) is 36.4 Å². The van der Waals surface area contributed by atoms with Crippen molar-refractivity contribution >= 4 is 38.8 Å². The average Bonchev–Trinajstić information content (AvgIpc) is 3.57. The highest BCUT2D eigenvalue weighted by molar-refractivity contribution is 7.20. The third-order valence-electron chi connectivity index (χ3n) is 7.88. The number of hydrogen-bond acceptors (Lipinski definition) is 8. The van der Waals surface area contributed by atoms with Crippen LogP contribution in [0.25, 0.3) is 21.7 Å². The van der Waals surface area contributed by atoms with Gasteiger partial charge in [-0.3, -0.25) is 9.69 Å². The summed E-state index contributed by atoms with van der Waals surface area (Å²) in [5.41, 5.74) is 3.83. The van der Waals surface area contributed by atoms with Gasteiger partial charge in [-0.1, -0.05) is 19.1 Å². The van der Waals surface area contributed by atoms with Gasteiger partial charge in [-0.2, -0.15) is 9.61 Å². The smallest absolute Gasteiger partial charge is 0.270 e. The Balaban J connectivity index is 1.24. The molecule has 6 rings (SSSR count). The molecule has 1 aromatic carbocycles. The van der Waals surface area contributed by atoms with E-state index < -0.39 is 0 Å². The molecule has 2 aliphatic heterocycles. The van der Waals surface area contributed by atoms with Crippen LogP contribution in [0.2, 0.25) is 0 Å². The van der Waals surface area contributed by atoms with Crippen LogP contribution < -0.4 is 4.90 Å². The molecule has 2 fully saturated rings. The number of aliphatic hydroxyl groups is 1. The zero-order valence-electron chi connectivity index (χ0n) is 23.0. The van der Waals surface area contributed by atoms with Gasteiger partial charge in [-0.25, -0.2) is 19.2 Å². The molecule has 10 nitrogen and oxygen atoms in total. The molecule has 0 bridgehead atoms. The molecule has 12 heteroatoms. The van der Waals surface area contributed by atoms with E-state index in [1.165, 1.54) is 23.5 Å². The third-order valence-corrected chi connectivity index (χ3v) is 8.91. The quantitative estimate of drug-likeness (QED) is 0.330. The minimum Gasteiger partial charge on any atom is -0.389 e. The summed E-state index contributed by atoms with van der Waals surface area (Å²) in [5.74, 6) is 0.816. The molecule has 41 heavy (non-hydrogen) atoms. The Kier molecular flexibility index (Phi) is 7.42. The van der Waals surface area contributed by atoms with Crippen molar-refractivity contribution in [2.45, 2.75) is 38.2 Å². The number of hydrogen-bond donors (Lipinski definition) is 1. The Labute approximate surface area is 241 Å². The molecule has 5 heterocycles. The fraction of sp³-hybridized carbons (Fsp3) is 0.414. The first kappa shape index (κ1) is 27.3. The number of imidazole rings is 1. The predicted molar refractivity (Wildman–Crippen MR) is 155 cm³/mol. The Morgan fingerprint density at radius 3 is 2.56 bits per heavy atom. The maximum Gasteiger partial charge on any atom is 0.270 e. The van der Waals surface area contributed by atoms with Crippen LogP contribution in [0.5, 0.6) is 0 Å². The number of halogens is 1. The van der Waals surface area contributed by atoms with Gasteiger partial charge < -0.3 is 14.9 Å². The topological polar surface area (TPSA) is 94.5 Å². The van der Waals surface area contributed by atoms with Gasteiger partial charge in [0, 0.05) is 26.1 Å². The summed E-state index contributed by atoms with van der Waals surface area (Å²) in [4.78, 5) is 31.6. The number of piperidine rings is 1. The normalized spacial score (nSPS) is 16.6. The van der Waals surface area contributed by atoms with E-state index in [-0.39, 0.29) is 23.7 Å². The number of fused-ring (bicyclic) bond motifs is 1. The number of amides is 1. The van der Waals surface area contributed by atoms with Gasteiger partial charge in [0.1, 0.15) is 5.82 Å². The molecule has 0 saturated carbocycles. The third kappa shape index (κ3) is 5.28. The first-order valence-corrected chi connectivity index (χ1v) is 14.6. The van der Waals surface area contributed by atoms with Gasteiger partial charge in [0.15, 0.2) is 16.6 Å². The monoisotopic (exact) mass is 574 g/mol. The van der Waals surface area contributed by atoms with E-state index in [4.69, 9.17) is 21.6 Å². The van der Waals surface area contributed by atoms with Gasteiger partial charge in [-0.15, -0.1) is 11.3 Å². The van der Waals surface area contributed by atoms with Gasteiger partial charge >= 0.3 is 0 Å². The maximum absolute atomic E-state index is 13.5. The Morgan fingerprint density at radius 1 is 1.17 bits per heavy atom. The van der Waals surface area contributed by atoms with Gasteiger partial charge in [-0.05, 0) is 62.2 Å². The standard InChI is InChI=1S/C29H31FN8O2S/c1-4-22-28(35(3)29-33-26(27(31-2)41-29)19-5-7-20(30)8-6-19)38-24(32-22)10-9-23(34-38)18-11-13-36(14-12-18)17-25(40)37-15-21(39)16-37/h5-10,18,21,39H,4,11-17H2,1,3H3. The molecule has 0 spiro atoms. The van der Waals surface area contributed by atoms with Gasteiger partial charge in [0.2, 0.25) is 5.91 Å². The predicted octanol–water partition coefficient (Wildman–Crippen LogP) is 4.26. The number of carbonyl (C=O) groups excluding carboxylic acids is 1. The van der Waals surface area contributed by atoms with E-state index >= 15 is 0 Å². The maximum atomic E-state index is 13.5. The average molecular weight is 575 g/mol. The lowest BCUT2D eigenvalue weighted by Gasteiger charge is -2.38. The lowest BCUT2D eigenvalue weighted by molar-refractivity contribution is -0.142. The first-order chi connectivity index (χ1) is 19.8. The Bertz CT molecular complexity index is 1610. The Hall–Kier alpha value is -3.92. The number of aromatic nitrogens is 4. The highest BCUT2D eigenvalue weighted by atomic mass is 32.1. The highest BCUT2D eigenvalue weighted by Gasteiger charge is 2.31. The van der Waals surface area contributed by atoms with Crippen LogP contribution in [0.4, 0.5) is 20.3 Å². The van der Waals surface area contributed by atoms with Gasteiger partial charge in [0.05, 0.1) is 36.3 Å². The molecule has 1 amide bonds. The number of carbonyl (C=O) groups is 1. The number of benzene rings is 1. The first-order valence-electron chi connectivity index (χ1n) is 13.8. The molecule has 0 aliphatic carbocycles. The Morgan fingerprint density at radius 2 is 1.90 bits per heavy atom. The summed E-state index contributed by atoms with van der Waals surface area (Å²) in [6.45, 7) is 12.6. The van der Waals surface area contributed by atoms with Crippen molar-refractivity contribution in [3.05, 3.63) is 65.0 Å².